The van der Waals surface area contributed by atoms with Crippen molar-refractivity contribution in [3.05, 3.63) is 48.3 Å². The lowest BCUT2D eigenvalue weighted by Crippen LogP contribution is -2.53. The summed E-state index contributed by atoms with van der Waals surface area (Å²) in [5, 5.41) is 2.67. The number of alkyl halides is 3. The van der Waals surface area contributed by atoms with E-state index < -0.39 is 17.8 Å². The van der Waals surface area contributed by atoms with Crippen molar-refractivity contribution in [2.24, 2.45) is 0 Å². The average Bonchev–Trinajstić information content (AvgIpc) is 2.68. The second-order valence-electron chi connectivity index (χ2n) is 6.31. The minimum atomic E-state index is -4.39. The Morgan fingerprint density at radius 1 is 1.07 bits per heavy atom. The fraction of sp³-hybridized carbons (Fsp3) is 0.389. The number of carbonyl (C=O) groups is 1. The van der Waals surface area contributed by atoms with E-state index in [-0.39, 0.29) is 5.91 Å². The second kappa shape index (κ2) is 7.91. The Bertz CT molecular complexity index is 759. The molecule has 27 heavy (non-hydrogen) atoms. The molecule has 1 aromatic heterocycles. The number of hydrogen-bond acceptors (Lipinski definition) is 5. The standard InChI is InChI=1S/C18H20F3N5O/c1-13(16(27)24-15-5-3-14(4-6-15)18(19,20)21)25-9-11-26(12-10-25)17-22-7-2-8-23-17/h2-8,13H,9-12H2,1H3,(H,24,27)/t13-/m0/s1. The van der Waals surface area contributed by atoms with Crippen molar-refractivity contribution in [1.82, 2.24) is 14.9 Å². The van der Waals surface area contributed by atoms with Crippen molar-refractivity contribution in [2.75, 3.05) is 36.4 Å². The molecule has 0 saturated carbocycles. The molecule has 0 unspecified atom stereocenters. The van der Waals surface area contributed by atoms with Crippen molar-refractivity contribution in [3.8, 4) is 0 Å². The second-order valence-corrected chi connectivity index (χ2v) is 6.31. The van der Waals surface area contributed by atoms with Crippen LogP contribution in [0.5, 0.6) is 0 Å². The lowest BCUT2D eigenvalue weighted by Gasteiger charge is -2.37. The van der Waals surface area contributed by atoms with Gasteiger partial charge in [0.15, 0.2) is 0 Å². The molecule has 1 aromatic carbocycles. The molecule has 1 amide bonds. The largest absolute Gasteiger partial charge is 0.416 e. The van der Waals surface area contributed by atoms with Gasteiger partial charge in [-0.25, -0.2) is 9.97 Å². The summed E-state index contributed by atoms with van der Waals surface area (Å²) in [5.74, 6) is 0.415. The molecule has 6 nitrogen and oxygen atoms in total. The van der Waals surface area contributed by atoms with Crippen LogP contribution in [-0.2, 0) is 11.0 Å². The Balaban J connectivity index is 1.54. The molecular weight excluding hydrogens is 359 g/mol. The summed E-state index contributed by atoms with van der Waals surface area (Å²) in [4.78, 5) is 25.0. The Morgan fingerprint density at radius 3 is 2.22 bits per heavy atom. The van der Waals surface area contributed by atoms with Crippen molar-refractivity contribution in [2.45, 2.75) is 19.1 Å². The van der Waals surface area contributed by atoms with E-state index in [0.717, 1.165) is 12.1 Å². The van der Waals surface area contributed by atoms with Gasteiger partial charge >= 0.3 is 6.18 Å². The minimum absolute atomic E-state index is 0.251. The highest BCUT2D eigenvalue weighted by atomic mass is 19.4. The van der Waals surface area contributed by atoms with E-state index in [2.05, 4.69) is 20.2 Å². The topological polar surface area (TPSA) is 61.4 Å². The monoisotopic (exact) mass is 379 g/mol. The van der Waals surface area contributed by atoms with Gasteiger partial charge in [0.2, 0.25) is 11.9 Å². The van der Waals surface area contributed by atoms with Crippen molar-refractivity contribution in [3.63, 3.8) is 0 Å². The number of amides is 1. The Hall–Kier alpha value is -2.68. The number of hydrogen-bond donors (Lipinski definition) is 1. The molecule has 2 aromatic rings. The van der Waals surface area contributed by atoms with E-state index in [1.807, 2.05) is 4.90 Å². The molecule has 2 heterocycles. The number of halogens is 3. The van der Waals surface area contributed by atoms with Crippen LogP contribution in [0.1, 0.15) is 12.5 Å². The number of carbonyl (C=O) groups excluding carboxylic acids is 1. The maximum absolute atomic E-state index is 12.6. The summed E-state index contributed by atoms with van der Waals surface area (Å²) in [7, 11) is 0. The average molecular weight is 379 g/mol. The van der Waals surface area contributed by atoms with Crippen LogP contribution in [0, 0.1) is 0 Å². The van der Waals surface area contributed by atoms with E-state index in [9.17, 15) is 18.0 Å². The fourth-order valence-electron chi connectivity index (χ4n) is 2.92. The zero-order valence-corrected chi connectivity index (χ0v) is 14.8. The predicted molar refractivity (Wildman–Crippen MR) is 95.4 cm³/mol. The van der Waals surface area contributed by atoms with Crippen LogP contribution >= 0.6 is 0 Å². The molecule has 0 radical (unpaired) electrons. The number of benzene rings is 1. The number of rotatable bonds is 4. The lowest BCUT2D eigenvalue weighted by molar-refractivity contribution is -0.137. The summed E-state index contributed by atoms with van der Waals surface area (Å²) < 4.78 is 37.8. The molecule has 1 aliphatic heterocycles. The molecule has 0 aliphatic carbocycles. The van der Waals surface area contributed by atoms with Gasteiger partial charge in [-0.1, -0.05) is 0 Å². The predicted octanol–water partition coefficient (Wildman–Crippen LogP) is 2.64. The van der Waals surface area contributed by atoms with Gasteiger partial charge in [-0.15, -0.1) is 0 Å². The van der Waals surface area contributed by atoms with Crippen LogP contribution in [0.15, 0.2) is 42.7 Å². The normalized spacial score (nSPS) is 16.8. The zero-order chi connectivity index (χ0) is 19.4. The van der Waals surface area contributed by atoms with Gasteiger partial charge in [0.1, 0.15) is 0 Å². The number of piperazine rings is 1. The first-order valence-corrected chi connectivity index (χ1v) is 8.59. The maximum atomic E-state index is 12.6. The Morgan fingerprint density at radius 2 is 1.67 bits per heavy atom. The molecule has 3 rings (SSSR count). The van der Waals surface area contributed by atoms with Crippen LogP contribution in [-0.4, -0.2) is 53.0 Å². The maximum Gasteiger partial charge on any atom is 0.416 e. The molecule has 144 valence electrons. The van der Waals surface area contributed by atoms with E-state index in [4.69, 9.17) is 0 Å². The summed E-state index contributed by atoms with van der Waals surface area (Å²) >= 11 is 0. The van der Waals surface area contributed by atoms with Crippen LogP contribution in [0.4, 0.5) is 24.8 Å². The van der Waals surface area contributed by atoms with Crippen molar-refractivity contribution >= 4 is 17.5 Å². The van der Waals surface area contributed by atoms with Gasteiger partial charge in [0.05, 0.1) is 11.6 Å². The molecule has 1 fully saturated rings. The van der Waals surface area contributed by atoms with Gasteiger partial charge in [-0.05, 0) is 37.3 Å². The first kappa shape index (κ1) is 19.1. The van der Waals surface area contributed by atoms with Gasteiger partial charge < -0.3 is 10.2 Å². The van der Waals surface area contributed by atoms with Crippen LogP contribution in [0.25, 0.3) is 0 Å². The first-order valence-electron chi connectivity index (χ1n) is 8.59. The number of anilines is 2. The molecule has 0 bridgehead atoms. The van der Waals surface area contributed by atoms with Gasteiger partial charge in [-0.3, -0.25) is 9.69 Å². The highest BCUT2D eigenvalue weighted by Crippen LogP contribution is 2.29. The number of nitrogens with one attached hydrogen (secondary N) is 1. The number of aromatic nitrogens is 2. The Labute approximate surface area is 155 Å². The summed E-state index contributed by atoms with van der Waals surface area (Å²) in [6.45, 7) is 4.51. The highest BCUT2D eigenvalue weighted by molar-refractivity contribution is 5.94. The van der Waals surface area contributed by atoms with Crippen molar-refractivity contribution in [1.29, 1.82) is 0 Å². The van der Waals surface area contributed by atoms with E-state index in [0.29, 0.717) is 37.8 Å². The molecule has 1 atom stereocenters. The van der Waals surface area contributed by atoms with Gasteiger partial charge in [0, 0.05) is 44.3 Å². The zero-order valence-electron chi connectivity index (χ0n) is 14.8. The van der Waals surface area contributed by atoms with Gasteiger partial charge in [-0.2, -0.15) is 13.2 Å². The number of nitrogens with zero attached hydrogens (tertiary/aromatic N) is 4. The fourth-order valence-corrected chi connectivity index (χ4v) is 2.92. The molecular formula is C18H20F3N5O. The molecule has 1 N–H and O–H groups in total. The summed E-state index contributed by atoms with van der Waals surface area (Å²) in [6.07, 6.45) is -1.01. The third-order valence-corrected chi connectivity index (χ3v) is 4.56. The van der Waals surface area contributed by atoms with E-state index >= 15 is 0 Å². The minimum Gasteiger partial charge on any atom is -0.338 e. The molecule has 0 spiro atoms. The molecule has 1 saturated heterocycles. The first-order chi connectivity index (χ1) is 12.8. The Kier molecular flexibility index (Phi) is 5.59. The van der Waals surface area contributed by atoms with Gasteiger partial charge in [0.25, 0.3) is 0 Å². The smallest absolute Gasteiger partial charge is 0.338 e. The van der Waals surface area contributed by atoms with Crippen LogP contribution < -0.4 is 10.2 Å². The molecule has 1 aliphatic rings. The van der Waals surface area contributed by atoms with E-state index in [1.54, 1.807) is 25.4 Å². The quantitative estimate of drug-likeness (QED) is 0.885. The van der Waals surface area contributed by atoms with Crippen molar-refractivity contribution < 1.29 is 18.0 Å². The summed E-state index contributed by atoms with van der Waals surface area (Å²) in [6, 6.07) is 5.80. The van der Waals surface area contributed by atoms with E-state index in [1.165, 1.54) is 12.1 Å². The highest BCUT2D eigenvalue weighted by Gasteiger charge is 2.30. The molecule has 9 heteroatoms. The summed E-state index contributed by atoms with van der Waals surface area (Å²) in [5.41, 5.74) is -0.399. The lowest BCUT2D eigenvalue weighted by atomic mass is 10.2. The van der Waals surface area contributed by atoms with Crippen LogP contribution in [0.2, 0.25) is 0 Å². The third-order valence-electron chi connectivity index (χ3n) is 4.56. The van der Waals surface area contributed by atoms with Crippen LogP contribution in [0.3, 0.4) is 0 Å². The SMILES string of the molecule is C[C@@H](C(=O)Nc1ccc(C(F)(F)F)cc1)N1CCN(c2ncccn2)CC1. The third kappa shape index (κ3) is 4.73.